The maximum absolute atomic E-state index is 11.3. The summed E-state index contributed by atoms with van der Waals surface area (Å²) in [7, 11) is -1.74. The van der Waals surface area contributed by atoms with Crippen molar-refractivity contribution in [3.8, 4) is 5.75 Å². The van der Waals surface area contributed by atoms with Crippen LogP contribution in [-0.2, 0) is 9.84 Å². The van der Waals surface area contributed by atoms with Gasteiger partial charge in [0.1, 0.15) is 10.6 Å². The zero-order valence-electron chi connectivity index (χ0n) is 7.87. The summed E-state index contributed by atoms with van der Waals surface area (Å²) < 4.78 is 27.5. The SMILES string of the molecule is COc1ccc(C)cc1S(C)(=O)=O. The molecule has 0 radical (unpaired) electrons. The molecule has 0 saturated heterocycles. The van der Waals surface area contributed by atoms with Crippen molar-refractivity contribution < 1.29 is 13.2 Å². The molecule has 0 fully saturated rings. The molecule has 0 atom stereocenters. The first-order valence-corrected chi connectivity index (χ1v) is 5.69. The molecule has 3 nitrogen and oxygen atoms in total. The van der Waals surface area contributed by atoms with Gasteiger partial charge in [0.25, 0.3) is 0 Å². The summed E-state index contributed by atoms with van der Waals surface area (Å²) >= 11 is 0. The first-order valence-electron chi connectivity index (χ1n) is 3.80. The lowest BCUT2D eigenvalue weighted by Crippen LogP contribution is -2.00. The lowest BCUT2D eigenvalue weighted by Gasteiger charge is -2.06. The number of methoxy groups -OCH3 is 1. The molecule has 0 N–H and O–H groups in total. The van der Waals surface area contributed by atoms with Crippen molar-refractivity contribution in [2.45, 2.75) is 11.8 Å². The van der Waals surface area contributed by atoms with E-state index in [2.05, 4.69) is 0 Å². The molecule has 4 heteroatoms. The summed E-state index contributed by atoms with van der Waals surface area (Å²) in [5.41, 5.74) is 0.904. The molecule has 1 aromatic carbocycles. The standard InChI is InChI=1S/C9H12O3S/c1-7-4-5-8(12-2)9(6-7)13(3,10)11/h4-6H,1-3H3. The molecular weight excluding hydrogens is 188 g/mol. The monoisotopic (exact) mass is 200 g/mol. The van der Waals surface area contributed by atoms with E-state index < -0.39 is 9.84 Å². The molecule has 0 aromatic heterocycles. The van der Waals surface area contributed by atoms with E-state index in [9.17, 15) is 8.42 Å². The molecule has 1 rings (SSSR count). The van der Waals surface area contributed by atoms with Gasteiger partial charge >= 0.3 is 0 Å². The smallest absolute Gasteiger partial charge is 0.179 e. The van der Waals surface area contributed by atoms with Gasteiger partial charge in [0.2, 0.25) is 0 Å². The van der Waals surface area contributed by atoms with E-state index in [1.54, 1.807) is 12.1 Å². The minimum atomic E-state index is -3.19. The van der Waals surface area contributed by atoms with Crippen LogP contribution >= 0.6 is 0 Å². The maximum atomic E-state index is 11.3. The quantitative estimate of drug-likeness (QED) is 0.725. The highest BCUT2D eigenvalue weighted by Gasteiger charge is 2.13. The van der Waals surface area contributed by atoms with E-state index in [1.807, 2.05) is 13.0 Å². The molecule has 0 amide bonds. The zero-order valence-corrected chi connectivity index (χ0v) is 8.68. The molecule has 0 unspecified atom stereocenters. The van der Waals surface area contributed by atoms with Crippen LogP contribution in [0.2, 0.25) is 0 Å². The predicted molar refractivity (Wildman–Crippen MR) is 50.8 cm³/mol. The fraction of sp³-hybridized carbons (Fsp3) is 0.333. The van der Waals surface area contributed by atoms with Crippen LogP contribution in [0.1, 0.15) is 5.56 Å². The van der Waals surface area contributed by atoms with Crippen molar-refractivity contribution in [1.82, 2.24) is 0 Å². The van der Waals surface area contributed by atoms with Crippen molar-refractivity contribution in [2.75, 3.05) is 13.4 Å². The van der Waals surface area contributed by atoms with Crippen LogP contribution in [0.15, 0.2) is 23.1 Å². The topological polar surface area (TPSA) is 43.4 Å². The third kappa shape index (κ3) is 2.21. The van der Waals surface area contributed by atoms with E-state index in [4.69, 9.17) is 4.74 Å². The van der Waals surface area contributed by atoms with Crippen LogP contribution in [0.3, 0.4) is 0 Å². The van der Waals surface area contributed by atoms with Gasteiger partial charge in [-0.3, -0.25) is 0 Å². The molecule has 0 aliphatic rings. The van der Waals surface area contributed by atoms with Gasteiger partial charge in [-0.15, -0.1) is 0 Å². The molecule has 1 aromatic rings. The summed E-state index contributed by atoms with van der Waals surface area (Å²) in [5.74, 6) is 0.396. The fourth-order valence-corrected chi connectivity index (χ4v) is 1.99. The molecule has 0 saturated carbocycles. The second kappa shape index (κ2) is 3.38. The van der Waals surface area contributed by atoms with Crippen molar-refractivity contribution in [3.63, 3.8) is 0 Å². The zero-order chi connectivity index (χ0) is 10.1. The van der Waals surface area contributed by atoms with Crippen LogP contribution in [0.25, 0.3) is 0 Å². The van der Waals surface area contributed by atoms with E-state index in [0.29, 0.717) is 5.75 Å². The van der Waals surface area contributed by atoms with Crippen molar-refractivity contribution >= 4 is 9.84 Å². The third-order valence-corrected chi connectivity index (χ3v) is 2.84. The second-order valence-corrected chi connectivity index (χ2v) is 4.91. The number of ether oxygens (including phenoxy) is 1. The highest BCUT2D eigenvalue weighted by molar-refractivity contribution is 7.90. The molecule has 0 heterocycles. The Balaban J connectivity index is 3.41. The van der Waals surface area contributed by atoms with Gasteiger partial charge in [0.05, 0.1) is 7.11 Å². The Morgan fingerprint density at radius 3 is 2.38 bits per heavy atom. The summed E-state index contributed by atoms with van der Waals surface area (Å²) in [6, 6.07) is 5.08. The van der Waals surface area contributed by atoms with Crippen molar-refractivity contribution in [1.29, 1.82) is 0 Å². The number of sulfone groups is 1. The molecule has 72 valence electrons. The average molecular weight is 200 g/mol. The number of rotatable bonds is 2. The Kier molecular flexibility index (Phi) is 2.61. The lowest BCUT2D eigenvalue weighted by molar-refractivity contribution is 0.403. The van der Waals surface area contributed by atoms with Crippen molar-refractivity contribution in [3.05, 3.63) is 23.8 Å². The van der Waals surface area contributed by atoms with Crippen LogP contribution in [0.5, 0.6) is 5.75 Å². The Labute approximate surface area is 78.3 Å². The summed E-state index contributed by atoms with van der Waals surface area (Å²) in [5, 5.41) is 0. The van der Waals surface area contributed by atoms with Gasteiger partial charge in [-0.05, 0) is 24.6 Å². The Bertz CT molecular complexity index is 407. The third-order valence-electron chi connectivity index (χ3n) is 1.72. The van der Waals surface area contributed by atoms with Gasteiger partial charge in [-0.1, -0.05) is 6.07 Å². The number of hydrogen-bond acceptors (Lipinski definition) is 3. The average Bonchev–Trinajstić information content (AvgIpc) is 2.03. The van der Waals surface area contributed by atoms with E-state index in [1.165, 1.54) is 13.4 Å². The van der Waals surface area contributed by atoms with Crippen LogP contribution in [0.4, 0.5) is 0 Å². The first-order chi connectivity index (χ1) is 5.95. The molecule has 0 bridgehead atoms. The van der Waals surface area contributed by atoms with E-state index in [0.717, 1.165) is 5.56 Å². The number of aryl methyl sites for hydroxylation is 1. The molecular formula is C9H12O3S. The minimum Gasteiger partial charge on any atom is -0.495 e. The van der Waals surface area contributed by atoms with E-state index in [-0.39, 0.29) is 4.90 Å². The van der Waals surface area contributed by atoms with Gasteiger partial charge < -0.3 is 4.74 Å². The second-order valence-electron chi connectivity index (χ2n) is 2.93. The summed E-state index contributed by atoms with van der Waals surface area (Å²) in [6.07, 6.45) is 1.17. The van der Waals surface area contributed by atoms with Crippen LogP contribution in [0, 0.1) is 6.92 Å². The molecule has 0 spiro atoms. The van der Waals surface area contributed by atoms with Gasteiger partial charge in [-0.2, -0.15) is 0 Å². The molecule has 0 aliphatic heterocycles. The van der Waals surface area contributed by atoms with Crippen LogP contribution < -0.4 is 4.74 Å². The Morgan fingerprint density at radius 2 is 1.92 bits per heavy atom. The predicted octanol–water partition coefficient (Wildman–Crippen LogP) is 1.41. The maximum Gasteiger partial charge on any atom is 0.179 e. The Morgan fingerprint density at radius 1 is 1.31 bits per heavy atom. The summed E-state index contributed by atoms with van der Waals surface area (Å²) in [6.45, 7) is 1.84. The van der Waals surface area contributed by atoms with Gasteiger partial charge in [-0.25, -0.2) is 8.42 Å². The van der Waals surface area contributed by atoms with Crippen LogP contribution in [-0.4, -0.2) is 21.8 Å². The van der Waals surface area contributed by atoms with E-state index >= 15 is 0 Å². The summed E-state index contributed by atoms with van der Waals surface area (Å²) in [4.78, 5) is 0.245. The highest BCUT2D eigenvalue weighted by Crippen LogP contribution is 2.24. The Hall–Kier alpha value is -1.03. The largest absolute Gasteiger partial charge is 0.495 e. The molecule has 0 aliphatic carbocycles. The lowest BCUT2D eigenvalue weighted by atomic mass is 10.2. The fourth-order valence-electron chi connectivity index (χ4n) is 1.07. The normalized spacial score (nSPS) is 11.3. The highest BCUT2D eigenvalue weighted by atomic mass is 32.2. The van der Waals surface area contributed by atoms with Gasteiger partial charge in [0, 0.05) is 6.26 Å². The number of benzene rings is 1. The molecule has 13 heavy (non-hydrogen) atoms. The van der Waals surface area contributed by atoms with Gasteiger partial charge in [0.15, 0.2) is 9.84 Å². The van der Waals surface area contributed by atoms with Crippen molar-refractivity contribution in [2.24, 2.45) is 0 Å². The number of hydrogen-bond donors (Lipinski definition) is 0. The first kappa shape index (κ1) is 10.1. The minimum absolute atomic E-state index is 0.245.